The van der Waals surface area contributed by atoms with Crippen LogP contribution in [0, 0.1) is 0 Å². The maximum atomic E-state index is 13.4. The second-order valence-electron chi connectivity index (χ2n) is 6.64. The molecule has 0 spiro atoms. The first-order valence-corrected chi connectivity index (χ1v) is 9.28. The number of aromatic amines is 1. The van der Waals surface area contributed by atoms with Gasteiger partial charge in [-0.25, -0.2) is 0 Å². The highest BCUT2D eigenvalue weighted by atomic mass is 16.5. The monoisotopic (exact) mass is 384 g/mol. The van der Waals surface area contributed by atoms with Crippen LogP contribution >= 0.6 is 0 Å². The van der Waals surface area contributed by atoms with Crippen molar-refractivity contribution in [3.63, 3.8) is 0 Å². The number of rotatable bonds is 5. The van der Waals surface area contributed by atoms with Gasteiger partial charge in [-0.05, 0) is 41.8 Å². The molecule has 0 atom stereocenters. The van der Waals surface area contributed by atoms with E-state index in [9.17, 15) is 9.59 Å². The van der Waals surface area contributed by atoms with Crippen LogP contribution in [0.2, 0.25) is 0 Å². The first-order valence-electron chi connectivity index (χ1n) is 9.28. The van der Waals surface area contributed by atoms with E-state index in [-0.39, 0.29) is 18.0 Å². The van der Waals surface area contributed by atoms with Gasteiger partial charge in [0.15, 0.2) is 0 Å². The number of H-pyrrole nitrogens is 1. The maximum absolute atomic E-state index is 13.4. The lowest BCUT2D eigenvalue weighted by molar-refractivity contribution is 0.0982. The number of hydrogen-bond donors (Lipinski definition) is 1. The Bertz CT molecular complexity index is 1220. The van der Waals surface area contributed by atoms with Crippen molar-refractivity contribution in [2.45, 2.75) is 6.54 Å². The molecule has 0 aliphatic carbocycles. The molecular weight excluding hydrogens is 364 g/mol. The van der Waals surface area contributed by atoms with Gasteiger partial charge in [0.2, 0.25) is 0 Å². The van der Waals surface area contributed by atoms with Gasteiger partial charge in [0, 0.05) is 16.8 Å². The Morgan fingerprint density at radius 1 is 0.931 bits per heavy atom. The molecule has 0 bridgehead atoms. The smallest absolute Gasteiger partial charge is 0.262 e. The molecule has 0 aliphatic rings. The zero-order valence-electron chi connectivity index (χ0n) is 16.0. The second-order valence-corrected chi connectivity index (χ2v) is 6.64. The highest BCUT2D eigenvalue weighted by Gasteiger charge is 2.22. The number of carbonyl (C=O) groups excluding carboxylic acids is 1. The number of benzene rings is 3. The number of amides is 1. The number of para-hydroxylation sites is 3. The van der Waals surface area contributed by atoms with Crippen LogP contribution in [0.4, 0.5) is 5.69 Å². The van der Waals surface area contributed by atoms with Crippen molar-refractivity contribution in [1.29, 1.82) is 0 Å². The number of nitrogens with one attached hydrogen (secondary N) is 1. The van der Waals surface area contributed by atoms with E-state index >= 15 is 0 Å². The quantitative estimate of drug-likeness (QED) is 0.555. The molecule has 0 radical (unpaired) electrons. The molecule has 1 aromatic heterocycles. The van der Waals surface area contributed by atoms with Crippen LogP contribution in [-0.2, 0) is 6.54 Å². The third-order valence-corrected chi connectivity index (χ3v) is 4.81. The molecular formula is C24H20N2O3. The predicted molar refractivity (Wildman–Crippen MR) is 115 cm³/mol. The summed E-state index contributed by atoms with van der Waals surface area (Å²) in [5, 5.41) is 0.917. The van der Waals surface area contributed by atoms with E-state index in [0.717, 1.165) is 10.9 Å². The van der Waals surface area contributed by atoms with Crippen molar-refractivity contribution < 1.29 is 9.53 Å². The Balaban J connectivity index is 1.79. The highest BCUT2D eigenvalue weighted by molar-refractivity contribution is 6.07. The van der Waals surface area contributed by atoms with Crippen LogP contribution in [0.5, 0.6) is 5.75 Å². The molecule has 4 aromatic rings. The van der Waals surface area contributed by atoms with E-state index in [4.69, 9.17) is 4.74 Å². The van der Waals surface area contributed by atoms with Crippen LogP contribution in [0.3, 0.4) is 0 Å². The molecule has 0 aliphatic heterocycles. The van der Waals surface area contributed by atoms with Gasteiger partial charge < -0.3 is 14.6 Å². The minimum atomic E-state index is -0.235. The SMILES string of the molecule is COc1ccccc1C(=O)N(Cc1cc2ccccc2[nH]c1=O)c1ccccc1. The summed E-state index contributed by atoms with van der Waals surface area (Å²) in [7, 11) is 1.53. The Hall–Kier alpha value is -3.86. The number of anilines is 1. The van der Waals surface area contributed by atoms with Crippen molar-refractivity contribution in [3.05, 3.63) is 106 Å². The topological polar surface area (TPSA) is 62.4 Å². The lowest BCUT2D eigenvalue weighted by Gasteiger charge is -2.24. The average Bonchev–Trinajstić information content (AvgIpc) is 2.77. The Morgan fingerprint density at radius 3 is 2.41 bits per heavy atom. The fourth-order valence-electron chi connectivity index (χ4n) is 3.34. The largest absolute Gasteiger partial charge is 0.496 e. The summed E-state index contributed by atoms with van der Waals surface area (Å²) in [6, 6.07) is 25.8. The van der Waals surface area contributed by atoms with E-state index < -0.39 is 0 Å². The molecule has 1 N–H and O–H groups in total. The summed E-state index contributed by atoms with van der Waals surface area (Å²) in [6.07, 6.45) is 0. The standard InChI is InChI=1S/C24H20N2O3/c1-29-22-14-8-6-12-20(22)24(28)26(19-10-3-2-4-11-19)16-18-15-17-9-5-7-13-21(17)25-23(18)27/h2-15H,16H2,1H3,(H,25,27). The van der Waals surface area contributed by atoms with Gasteiger partial charge in [-0.1, -0.05) is 48.5 Å². The van der Waals surface area contributed by atoms with Gasteiger partial charge in [-0.2, -0.15) is 0 Å². The third-order valence-electron chi connectivity index (χ3n) is 4.81. The number of methoxy groups -OCH3 is 1. The third kappa shape index (κ3) is 3.75. The van der Waals surface area contributed by atoms with Gasteiger partial charge in [0.25, 0.3) is 11.5 Å². The molecule has 0 saturated heterocycles. The lowest BCUT2D eigenvalue weighted by Crippen LogP contribution is -2.33. The molecule has 5 heteroatoms. The first-order chi connectivity index (χ1) is 14.2. The number of pyridine rings is 1. The fourth-order valence-corrected chi connectivity index (χ4v) is 3.34. The van der Waals surface area contributed by atoms with Crippen LogP contribution in [0.15, 0.2) is 89.7 Å². The summed E-state index contributed by atoms with van der Waals surface area (Å²) in [6.45, 7) is 0.140. The minimum absolute atomic E-state index is 0.140. The molecule has 0 unspecified atom stereocenters. The summed E-state index contributed by atoms with van der Waals surface area (Å²) >= 11 is 0. The van der Waals surface area contributed by atoms with Crippen LogP contribution in [0.1, 0.15) is 15.9 Å². The predicted octanol–water partition coefficient (Wildman–Crippen LogP) is 4.38. The zero-order valence-corrected chi connectivity index (χ0v) is 16.0. The number of ether oxygens (including phenoxy) is 1. The molecule has 5 nitrogen and oxygen atoms in total. The van der Waals surface area contributed by atoms with Crippen molar-refractivity contribution in [2.24, 2.45) is 0 Å². The highest BCUT2D eigenvalue weighted by Crippen LogP contribution is 2.25. The van der Waals surface area contributed by atoms with E-state index in [1.165, 1.54) is 7.11 Å². The average molecular weight is 384 g/mol. The Kier molecular flexibility index (Phi) is 5.12. The second kappa shape index (κ2) is 8.02. The number of carbonyl (C=O) groups is 1. The summed E-state index contributed by atoms with van der Waals surface area (Å²) in [5.74, 6) is 0.257. The first kappa shape index (κ1) is 18.5. The van der Waals surface area contributed by atoms with Crippen molar-refractivity contribution >= 4 is 22.5 Å². The van der Waals surface area contributed by atoms with Crippen LogP contribution < -0.4 is 15.2 Å². The number of hydrogen-bond acceptors (Lipinski definition) is 3. The van der Waals surface area contributed by atoms with Gasteiger partial charge in [0.05, 0.1) is 19.2 Å². The van der Waals surface area contributed by atoms with Crippen molar-refractivity contribution in [3.8, 4) is 5.75 Å². The zero-order chi connectivity index (χ0) is 20.2. The van der Waals surface area contributed by atoms with Crippen molar-refractivity contribution in [2.75, 3.05) is 12.0 Å². The van der Waals surface area contributed by atoms with Gasteiger partial charge in [0.1, 0.15) is 5.75 Å². The van der Waals surface area contributed by atoms with Gasteiger partial charge >= 0.3 is 0 Å². The van der Waals surface area contributed by atoms with E-state index in [1.54, 1.807) is 23.1 Å². The lowest BCUT2D eigenvalue weighted by atomic mass is 10.1. The number of nitrogens with zero attached hydrogens (tertiary/aromatic N) is 1. The van der Waals surface area contributed by atoms with Gasteiger partial charge in [-0.3, -0.25) is 9.59 Å². The number of fused-ring (bicyclic) bond motifs is 1. The van der Waals surface area contributed by atoms with Crippen molar-refractivity contribution in [1.82, 2.24) is 4.98 Å². The summed E-state index contributed by atoms with van der Waals surface area (Å²) in [5.41, 5.74) is 2.21. The molecule has 3 aromatic carbocycles. The summed E-state index contributed by atoms with van der Waals surface area (Å²) in [4.78, 5) is 30.6. The molecule has 144 valence electrons. The van der Waals surface area contributed by atoms with E-state index in [2.05, 4.69) is 4.98 Å². The molecule has 4 rings (SSSR count). The minimum Gasteiger partial charge on any atom is -0.496 e. The van der Waals surface area contributed by atoms with Gasteiger partial charge in [-0.15, -0.1) is 0 Å². The Labute approximate surface area is 168 Å². The van der Waals surface area contributed by atoms with E-state index in [0.29, 0.717) is 22.6 Å². The molecule has 0 fully saturated rings. The normalized spacial score (nSPS) is 10.7. The van der Waals surface area contributed by atoms with Crippen LogP contribution in [0.25, 0.3) is 10.9 Å². The maximum Gasteiger partial charge on any atom is 0.262 e. The van der Waals surface area contributed by atoms with Crippen LogP contribution in [-0.4, -0.2) is 18.0 Å². The molecule has 0 saturated carbocycles. The number of aromatic nitrogens is 1. The fraction of sp³-hybridized carbons (Fsp3) is 0.0833. The molecule has 1 heterocycles. The van der Waals surface area contributed by atoms with E-state index in [1.807, 2.05) is 66.7 Å². The molecule has 29 heavy (non-hydrogen) atoms. The molecule has 1 amide bonds. The Morgan fingerprint density at radius 2 is 1.62 bits per heavy atom. The summed E-state index contributed by atoms with van der Waals surface area (Å²) < 4.78 is 5.37.